The number of allylic oxidation sites excluding steroid dienone is 2. The Morgan fingerprint density at radius 3 is 1.33 bits per heavy atom. The van der Waals surface area contributed by atoms with Crippen LogP contribution in [0.2, 0.25) is 27.8 Å². The van der Waals surface area contributed by atoms with E-state index in [-0.39, 0.29) is 0 Å². The van der Waals surface area contributed by atoms with E-state index in [0.717, 1.165) is 0 Å². The second kappa shape index (κ2) is 3.66. The molecule has 0 radical (unpaired) electrons. The summed E-state index contributed by atoms with van der Waals surface area (Å²) >= 11 is 3.12. The molecule has 2 rings (SSSR count). The van der Waals surface area contributed by atoms with Gasteiger partial charge in [-0.2, -0.15) is 0 Å². The molecular weight excluding hydrogens is 605 g/mol. The number of halogens is 2. The Morgan fingerprint density at radius 1 is 0.833 bits per heavy atom. The molecule has 2 aliphatic heterocycles. The molecule has 0 aromatic carbocycles. The van der Waals surface area contributed by atoms with Crippen LogP contribution in [0.1, 0.15) is 0 Å². The molecule has 2 aliphatic rings. The molecule has 0 amide bonds. The van der Waals surface area contributed by atoms with Gasteiger partial charge in [-0.1, -0.05) is 0 Å². The van der Waals surface area contributed by atoms with Gasteiger partial charge < -0.3 is 0 Å². The molecule has 0 aromatic heterocycles. The Kier molecular flexibility index (Phi) is 3.44. The van der Waals surface area contributed by atoms with Crippen molar-refractivity contribution in [2.75, 3.05) is 0 Å². The van der Waals surface area contributed by atoms with Crippen molar-refractivity contribution < 1.29 is 0 Å². The van der Waals surface area contributed by atoms with E-state index in [0.29, 0.717) is 0 Å². The molecule has 2 heterocycles. The quantitative estimate of drug-likeness (QED) is 0.215. The molecule has 0 fully saturated rings. The normalized spacial score (nSPS) is 36.3. The van der Waals surface area contributed by atoms with Gasteiger partial charge in [-0.05, 0) is 0 Å². The summed E-state index contributed by atoms with van der Waals surface area (Å²) < 4.78 is 6.34. The van der Waals surface area contributed by atoms with Crippen LogP contribution in [0.3, 0.4) is 0 Å². The predicted octanol–water partition coefficient (Wildman–Crippen LogP) is 4.33. The number of rotatable bonds is 0. The average Bonchev–Trinajstić information content (AvgIpc) is 2.12. The summed E-state index contributed by atoms with van der Waals surface area (Å²) in [5.41, 5.74) is 3.90. The summed E-state index contributed by atoms with van der Waals surface area (Å²) in [7, 11) is 0. The molecule has 0 N–H and O–H groups in total. The van der Waals surface area contributed by atoms with Crippen molar-refractivity contribution >= 4 is 65.9 Å². The van der Waals surface area contributed by atoms with Gasteiger partial charge in [0.15, 0.2) is 0 Å². The van der Waals surface area contributed by atoms with Gasteiger partial charge in [0.1, 0.15) is 0 Å². The fraction of sp³-hybridized carbons (Fsp3) is 0.750. The van der Waals surface area contributed by atoms with E-state index in [9.17, 15) is 0 Å². The third-order valence-electron chi connectivity index (χ3n) is 2.40. The molecular formula is C8H14I2Te2. The van der Waals surface area contributed by atoms with Crippen LogP contribution in [0.4, 0.5) is 0 Å². The third-order valence-corrected chi connectivity index (χ3v) is 21.6. The molecule has 0 aromatic rings. The van der Waals surface area contributed by atoms with Crippen LogP contribution in [0, 0.1) is 0 Å². The molecule has 12 heavy (non-hydrogen) atoms. The molecule has 0 aliphatic carbocycles. The van der Waals surface area contributed by atoms with Gasteiger partial charge in [-0.15, -0.1) is 0 Å². The maximum absolute atomic E-state index is 2.83. The first-order chi connectivity index (χ1) is 5.38. The summed E-state index contributed by atoms with van der Waals surface area (Å²) in [6.07, 6.45) is 0. The molecule has 0 saturated heterocycles. The van der Waals surface area contributed by atoms with Crippen LogP contribution < -0.4 is 0 Å². The Morgan fingerprint density at radius 2 is 1.08 bits per heavy atom. The Hall–Kier alpha value is 2.78. The van der Waals surface area contributed by atoms with Crippen LogP contribution in [0.5, 0.6) is 0 Å². The molecule has 4 heteroatoms. The van der Waals surface area contributed by atoms with Crippen LogP contribution in [-0.4, -0.2) is 28.5 Å². The van der Waals surface area contributed by atoms with Gasteiger partial charge in [0.25, 0.3) is 0 Å². The molecule has 0 spiro atoms. The van der Waals surface area contributed by atoms with Crippen molar-refractivity contribution in [1.82, 2.24) is 0 Å². The van der Waals surface area contributed by atoms with Crippen LogP contribution in [0.25, 0.3) is 0 Å². The van der Waals surface area contributed by atoms with E-state index in [4.69, 9.17) is 0 Å². The topological polar surface area (TPSA) is 0 Å². The van der Waals surface area contributed by atoms with E-state index in [1.807, 2.05) is 11.1 Å². The molecule has 0 nitrogen and oxygen atoms in total. The minimum atomic E-state index is -1.27. The summed E-state index contributed by atoms with van der Waals surface area (Å²) in [5, 5.41) is 0. The van der Waals surface area contributed by atoms with Crippen molar-refractivity contribution in [3.8, 4) is 0 Å². The molecule has 0 atom stereocenters. The third kappa shape index (κ3) is 2.47. The van der Waals surface area contributed by atoms with E-state index < -0.39 is 28.5 Å². The maximum atomic E-state index is 2.83. The standard InChI is InChI=1S/C8H14I2Te2/c1-11(9)3-7-5-12(2,10)6-8(7)4-11/h3-6H2,1-2H3. The molecule has 0 unspecified atom stereocenters. The van der Waals surface area contributed by atoms with E-state index in [2.05, 4.69) is 47.3 Å². The van der Waals surface area contributed by atoms with Gasteiger partial charge in [0.2, 0.25) is 0 Å². The summed E-state index contributed by atoms with van der Waals surface area (Å²) in [5.74, 6) is 0. The Balaban J connectivity index is 2.14. The van der Waals surface area contributed by atoms with Crippen molar-refractivity contribution in [2.45, 2.75) is 27.8 Å². The van der Waals surface area contributed by atoms with E-state index >= 15 is 0 Å². The van der Waals surface area contributed by atoms with E-state index in [1.54, 1.807) is 17.9 Å². The van der Waals surface area contributed by atoms with Crippen LogP contribution >= 0.6 is 37.4 Å². The number of hydrogen-bond acceptors (Lipinski definition) is 0. The van der Waals surface area contributed by atoms with Crippen LogP contribution in [-0.2, 0) is 0 Å². The van der Waals surface area contributed by atoms with Gasteiger partial charge in [0.05, 0.1) is 0 Å². The van der Waals surface area contributed by atoms with Gasteiger partial charge >= 0.3 is 105 Å². The fourth-order valence-electron chi connectivity index (χ4n) is 2.05. The number of hydrogen-bond donors (Lipinski definition) is 0. The first kappa shape index (κ1) is 11.3. The first-order valence-electron chi connectivity index (χ1n) is 3.94. The fourth-order valence-corrected chi connectivity index (χ4v) is 27.0. The summed E-state index contributed by atoms with van der Waals surface area (Å²) in [6, 6.07) is 0. The molecule has 0 saturated carbocycles. The second-order valence-corrected chi connectivity index (χ2v) is 49.1. The van der Waals surface area contributed by atoms with Gasteiger partial charge in [-0.25, -0.2) is 0 Å². The first-order valence-corrected chi connectivity index (χ1v) is 28.8. The van der Waals surface area contributed by atoms with Gasteiger partial charge in [0, 0.05) is 0 Å². The monoisotopic (exact) mass is 624 g/mol. The van der Waals surface area contributed by atoms with Crippen molar-refractivity contribution in [1.29, 1.82) is 0 Å². The zero-order valence-corrected chi connectivity index (χ0v) is 16.4. The summed E-state index contributed by atoms with van der Waals surface area (Å²) in [6.45, 7) is 0. The SMILES string of the molecule is C[Te]1(I)CC2=C(C1)C[Te](C)(I)C2. The van der Waals surface area contributed by atoms with Crippen molar-refractivity contribution in [3.05, 3.63) is 11.1 Å². The Bertz CT molecular complexity index is 210. The molecule has 72 valence electrons. The molecule has 0 bridgehead atoms. The average molecular weight is 619 g/mol. The van der Waals surface area contributed by atoms with Crippen molar-refractivity contribution in [2.24, 2.45) is 0 Å². The van der Waals surface area contributed by atoms with Gasteiger partial charge in [-0.3, -0.25) is 0 Å². The van der Waals surface area contributed by atoms with Crippen molar-refractivity contribution in [3.63, 3.8) is 0 Å². The minimum absolute atomic E-state index is 1.27. The zero-order chi connectivity index (χ0) is 8.98. The van der Waals surface area contributed by atoms with E-state index in [1.165, 1.54) is 0 Å². The zero-order valence-electron chi connectivity index (χ0n) is 7.40. The summed E-state index contributed by atoms with van der Waals surface area (Å²) in [4.78, 5) is 5.19. The second-order valence-electron chi connectivity index (χ2n) is 4.09. The predicted molar refractivity (Wildman–Crippen MR) is 77.5 cm³/mol. The Labute approximate surface area is 102 Å². The van der Waals surface area contributed by atoms with Crippen LogP contribution in [0.15, 0.2) is 11.1 Å².